The van der Waals surface area contributed by atoms with Crippen LogP contribution in [0, 0.1) is 12.7 Å². The average Bonchev–Trinajstić information content (AvgIpc) is 2.98. The molecule has 0 spiro atoms. The Morgan fingerprint density at radius 2 is 1.96 bits per heavy atom. The molecule has 148 valence electrons. The highest BCUT2D eigenvalue weighted by molar-refractivity contribution is 5.98. The molecule has 0 radical (unpaired) electrons. The molecular weight excluding hydrogens is 375 g/mol. The van der Waals surface area contributed by atoms with Gasteiger partial charge in [0.15, 0.2) is 17.3 Å². The molecule has 5 nitrogen and oxygen atoms in total. The van der Waals surface area contributed by atoms with Crippen molar-refractivity contribution in [3.8, 4) is 11.5 Å². The Labute approximate surface area is 159 Å². The van der Waals surface area contributed by atoms with Gasteiger partial charge in [-0.05, 0) is 49.2 Å². The van der Waals surface area contributed by atoms with Crippen molar-refractivity contribution < 1.29 is 31.9 Å². The molecule has 0 fully saturated rings. The Hall–Kier alpha value is -3.16. The van der Waals surface area contributed by atoms with Crippen LogP contribution in [0.3, 0.4) is 0 Å². The molecule has 0 saturated heterocycles. The summed E-state index contributed by atoms with van der Waals surface area (Å²) >= 11 is 0. The smallest absolute Gasteiger partial charge is 0.387 e. The lowest BCUT2D eigenvalue weighted by molar-refractivity contribution is -0.0512. The second kappa shape index (κ2) is 8.24. The number of carbonyl (C=O) groups excluding carboxylic acids is 1. The number of alkyl halides is 2. The first-order chi connectivity index (χ1) is 13.4. The van der Waals surface area contributed by atoms with Crippen LogP contribution < -0.4 is 14.8 Å². The van der Waals surface area contributed by atoms with Gasteiger partial charge in [0.25, 0.3) is 5.91 Å². The van der Waals surface area contributed by atoms with E-state index in [9.17, 15) is 18.0 Å². The summed E-state index contributed by atoms with van der Waals surface area (Å²) in [5.74, 6) is -0.622. The number of amides is 1. The molecular formula is C20H18F3NO4. The lowest BCUT2D eigenvalue weighted by Crippen LogP contribution is -2.25. The minimum absolute atomic E-state index is 0.0727. The molecule has 0 aliphatic rings. The van der Waals surface area contributed by atoms with E-state index >= 15 is 0 Å². The van der Waals surface area contributed by atoms with Crippen molar-refractivity contribution in [3.05, 3.63) is 59.1 Å². The molecule has 1 aromatic heterocycles. The third-order valence-corrected chi connectivity index (χ3v) is 4.25. The van der Waals surface area contributed by atoms with E-state index in [2.05, 4.69) is 10.1 Å². The van der Waals surface area contributed by atoms with Crippen LogP contribution in [0.4, 0.5) is 13.2 Å². The van der Waals surface area contributed by atoms with E-state index in [-0.39, 0.29) is 23.8 Å². The van der Waals surface area contributed by atoms with Gasteiger partial charge in [0, 0.05) is 17.5 Å². The number of aryl methyl sites for hydroxylation is 1. The Morgan fingerprint density at radius 1 is 1.18 bits per heavy atom. The van der Waals surface area contributed by atoms with Crippen LogP contribution in [0.25, 0.3) is 11.0 Å². The largest absolute Gasteiger partial charge is 0.493 e. The zero-order valence-corrected chi connectivity index (χ0v) is 15.2. The van der Waals surface area contributed by atoms with Crippen LogP contribution in [-0.4, -0.2) is 26.2 Å². The second-order valence-corrected chi connectivity index (χ2v) is 6.07. The van der Waals surface area contributed by atoms with Crippen LogP contribution in [0.2, 0.25) is 0 Å². The maximum Gasteiger partial charge on any atom is 0.387 e. The van der Waals surface area contributed by atoms with Gasteiger partial charge >= 0.3 is 6.61 Å². The van der Waals surface area contributed by atoms with Crippen molar-refractivity contribution in [2.75, 3.05) is 13.7 Å². The molecule has 8 heteroatoms. The van der Waals surface area contributed by atoms with Crippen LogP contribution in [0.1, 0.15) is 21.7 Å². The zero-order valence-electron chi connectivity index (χ0n) is 15.2. The number of nitrogens with one attached hydrogen (secondary N) is 1. The van der Waals surface area contributed by atoms with Gasteiger partial charge in [-0.2, -0.15) is 8.78 Å². The molecule has 28 heavy (non-hydrogen) atoms. The fourth-order valence-corrected chi connectivity index (χ4v) is 2.88. The SMILES string of the molecule is COc1ccc(CCNC(=O)c2oc3ccc(F)cc3c2C)cc1OC(F)F. The number of rotatable bonds is 7. The third kappa shape index (κ3) is 4.21. The summed E-state index contributed by atoms with van der Waals surface area (Å²) in [7, 11) is 1.36. The van der Waals surface area contributed by atoms with Crippen molar-refractivity contribution in [3.63, 3.8) is 0 Å². The minimum atomic E-state index is -2.97. The number of methoxy groups -OCH3 is 1. The highest BCUT2D eigenvalue weighted by Gasteiger charge is 2.18. The third-order valence-electron chi connectivity index (χ3n) is 4.25. The van der Waals surface area contributed by atoms with E-state index in [4.69, 9.17) is 9.15 Å². The van der Waals surface area contributed by atoms with Crippen LogP contribution in [0.15, 0.2) is 40.8 Å². The Bertz CT molecular complexity index is 1000. The predicted octanol–water partition coefficient (Wildman–Crippen LogP) is 4.46. The van der Waals surface area contributed by atoms with Gasteiger partial charge in [-0.15, -0.1) is 0 Å². The number of benzene rings is 2. The first-order valence-electron chi connectivity index (χ1n) is 8.47. The summed E-state index contributed by atoms with van der Waals surface area (Å²) < 4.78 is 53.3. The summed E-state index contributed by atoms with van der Waals surface area (Å²) in [6.45, 7) is -1.05. The quantitative estimate of drug-likeness (QED) is 0.644. The first kappa shape index (κ1) is 19.6. The molecule has 0 unspecified atom stereocenters. The normalized spacial score (nSPS) is 11.1. The van der Waals surface area contributed by atoms with E-state index in [1.165, 1.54) is 37.4 Å². The first-order valence-corrected chi connectivity index (χ1v) is 8.47. The number of halogens is 3. The highest BCUT2D eigenvalue weighted by Crippen LogP contribution is 2.30. The van der Waals surface area contributed by atoms with Crippen LogP contribution in [-0.2, 0) is 6.42 Å². The monoisotopic (exact) mass is 393 g/mol. The van der Waals surface area contributed by atoms with Crippen molar-refractivity contribution in [1.82, 2.24) is 5.32 Å². The molecule has 0 saturated carbocycles. The maximum atomic E-state index is 13.4. The number of carbonyl (C=O) groups is 1. The minimum Gasteiger partial charge on any atom is -0.493 e. The Morgan fingerprint density at radius 3 is 2.68 bits per heavy atom. The van der Waals surface area contributed by atoms with Crippen molar-refractivity contribution >= 4 is 16.9 Å². The lowest BCUT2D eigenvalue weighted by atomic mass is 10.1. The van der Waals surface area contributed by atoms with Gasteiger partial charge in [0.05, 0.1) is 7.11 Å². The van der Waals surface area contributed by atoms with Crippen molar-refractivity contribution in [2.24, 2.45) is 0 Å². The van der Waals surface area contributed by atoms with E-state index in [1.807, 2.05) is 0 Å². The summed E-state index contributed by atoms with van der Waals surface area (Å²) in [6.07, 6.45) is 0.378. The van der Waals surface area contributed by atoms with Gasteiger partial charge in [0.1, 0.15) is 11.4 Å². The van der Waals surface area contributed by atoms with Crippen molar-refractivity contribution in [2.45, 2.75) is 20.0 Å². The molecule has 3 aromatic rings. The molecule has 0 atom stereocenters. The summed E-state index contributed by atoms with van der Waals surface area (Å²) in [6, 6.07) is 8.69. The molecule has 3 rings (SSSR count). The second-order valence-electron chi connectivity index (χ2n) is 6.07. The fraction of sp³-hybridized carbons (Fsp3) is 0.250. The maximum absolute atomic E-state index is 13.4. The number of hydrogen-bond acceptors (Lipinski definition) is 4. The molecule has 0 bridgehead atoms. The number of furan rings is 1. The van der Waals surface area contributed by atoms with E-state index in [0.29, 0.717) is 28.5 Å². The average molecular weight is 393 g/mol. The van der Waals surface area contributed by atoms with Gasteiger partial charge < -0.3 is 19.2 Å². The summed E-state index contributed by atoms with van der Waals surface area (Å²) in [4.78, 5) is 12.4. The summed E-state index contributed by atoms with van der Waals surface area (Å²) in [5.41, 5.74) is 1.65. The van der Waals surface area contributed by atoms with Gasteiger partial charge in [-0.25, -0.2) is 4.39 Å². The predicted molar refractivity (Wildman–Crippen MR) is 96.6 cm³/mol. The Balaban J connectivity index is 1.66. The van der Waals surface area contributed by atoms with E-state index < -0.39 is 18.3 Å². The number of hydrogen-bond donors (Lipinski definition) is 1. The fourth-order valence-electron chi connectivity index (χ4n) is 2.88. The van der Waals surface area contributed by atoms with Gasteiger partial charge in [0.2, 0.25) is 0 Å². The number of ether oxygens (including phenoxy) is 2. The lowest BCUT2D eigenvalue weighted by Gasteiger charge is -2.11. The standard InChI is InChI=1S/C20H18F3NO4/c1-11-14-10-13(21)4-6-15(14)27-18(11)19(25)24-8-7-12-3-5-16(26-2)17(9-12)28-20(22)23/h3-6,9-10,20H,7-8H2,1-2H3,(H,24,25). The topological polar surface area (TPSA) is 60.7 Å². The molecule has 1 heterocycles. The van der Waals surface area contributed by atoms with Crippen LogP contribution in [0.5, 0.6) is 11.5 Å². The highest BCUT2D eigenvalue weighted by atomic mass is 19.3. The molecule has 0 aliphatic heterocycles. The van der Waals surface area contributed by atoms with Gasteiger partial charge in [-0.3, -0.25) is 4.79 Å². The van der Waals surface area contributed by atoms with E-state index in [1.54, 1.807) is 13.0 Å². The molecule has 1 N–H and O–H groups in total. The van der Waals surface area contributed by atoms with Crippen molar-refractivity contribution in [1.29, 1.82) is 0 Å². The van der Waals surface area contributed by atoms with Crippen LogP contribution >= 0.6 is 0 Å². The number of fused-ring (bicyclic) bond motifs is 1. The zero-order chi connectivity index (χ0) is 20.3. The molecule has 2 aromatic carbocycles. The molecule has 0 aliphatic carbocycles. The van der Waals surface area contributed by atoms with Gasteiger partial charge in [-0.1, -0.05) is 6.07 Å². The summed E-state index contributed by atoms with van der Waals surface area (Å²) in [5, 5.41) is 3.24. The molecule has 1 amide bonds. The van der Waals surface area contributed by atoms with E-state index in [0.717, 1.165) is 0 Å². The Kier molecular flexibility index (Phi) is 5.77.